The maximum atomic E-state index is 9.55. The summed E-state index contributed by atoms with van der Waals surface area (Å²) < 4.78 is 2.34. The highest BCUT2D eigenvalue weighted by Crippen LogP contribution is 2.27. The summed E-state index contributed by atoms with van der Waals surface area (Å²) in [5.74, 6) is -2.51. The van der Waals surface area contributed by atoms with Crippen LogP contribution in [0.25, 0.3) is 16.6 Å². The van der Waals surface area contributed by atoms with Crippen molar-refractivity contribution in [1.29, 1.82) is 0 Å². The summed E-state index contributed by atoms with van der Waals surface area (Å²) in [6.45, 7) is 7.50. The number of aromatic nitrogens is 1. The van der Waals surface area contributed by atoms with Gasteiger partial charge < -0.3 is 19.7 Å². The van der Waals surface area contributed by atoms with Crippen LogP contribution in [-0.2, 0) is 16.1 Å². The molecule has 2 heterocycles. The van der Waals surface area contributed by atoms with Crippen LogP contribution in [-0.4, -0.2) is 57.8 Å². The Kier molecular flexibility index (Phi) is 8.38. The molecule has 0 amide bonds. The number of hydrogen-bond donors (Lipinski definition) is 2. The van der Waals surface area contributed by atoms with E-state index in [2.05, 4.69) is 106 Å². The molecule has 37 heavy (non-hydrogen) atoms. The number of rotatable bonds is 6. The van der Waals surface area contributed by atoms with Crippen molar-refractivity contribution < 1.29 is 19.8 Å². The predicted molar refractivity (Wildman–Crippen MR) is 146 cm³/mol. The van der Waals surface area contributed by atoms with Gasteiger partial charge in [-0.25, -0.2) is 9.59 Å². The van der Waals surface area contributed by atoms with E-state index < -0.39 is 11.9 Å². The van der Waals surface area contributed by atoms with E-state index >= 15 is 0 Å². The Morgan fingerprint density at radius 2 is 1.35 bits per heavy atom. The first-order valence-corrected chi connectivity index (χ1v) is 12.2. The topological polar surface area (TPSA) is 86.0 Å². The Morgan fingerprint density at radius 1 is 0.757 bits per heavy atom. The Hall–Kier alpha value is -4.36. The number of benzene rings is 3. The zero-order valence-corrected chi connectivity index (χ0v) is 20.8. The van der Waals surface area contributed by atoms with Crippen molar-refractivity contribution in [3.63, 3.8) is 0 Å². The highest BCUT2D eigenvalue weighted by Gasteiger charge is 2.19. The van der Waals surface area contributed by atoms with Gasteiger partial charge in [0.1, 0.15) is 0 Å². The Labute approximate surface area is 216 Å². The van der Waals surface area contributed by atoms with Gasteiger partial charge in [-0.2, -0.15) is 0 Å². The molecule has 7 heteroatoms. The van der Waals surface area contributed by atoms with Gasteiger partial charge in [0.2, 0.25) is 0 Å². The first kappa shape index (κ1) is 25.7. The van der Waals surface area contributed by atoms with Gasteiger partial charge in [0.15, 0.2) is 0 Å². The van der Waals surface area contributed by atoms with Crippen LogP contribution >= 0.6 is 0 Å². The third-order valence-electron chi connectivity index (χ3n) is 6.36. The summed E-state index contributed by atoms with van der Waals surface area (Å²) in [6, 6.07) is 28.3. The van der Waals surface area contributed by atoms with Crippen molar-refractivity contribution in [2.24, 2.45) is 0 Å². The molecule has 0 radical (unpaired) electrons. The van der Waals surface area contributed by atoms with E-state index in [4.69, 9.17) is 10.2 Å². The third-order valence-corrected chi connectivity index (χ3v) is 6.36. The highest BCUT2D eigenvalue weighted by atomic mass is 16.4. The molecule has 0 atom stereocenters. The van der Waals surface area contributed by atoms with Crippen molar-refractivity contribution in [2.45, 2.75) is 13.5 Å². The van der Waals surface area contributed by atoms with Crippen molar-refractivity contribution in [3.8, 4) is 5.69 Å². The molecular formula is C30H31N3O4. The van der Waals surface area contributed by atoms with Gasteiger partial charge >= 0.3 is 11.9 Å². The molecular weight excluding hydrogens is 466 g/mol. The molecule has 4 aromatic rings. The van der Waals surface area contributed by atoms with Crippen molar-refractivity contribution in [1.82, 2.24) is 9.47 Å². The molecule has 1 aromatic heterocycles. The number of hydrogen-bond acceptors (Lipinski definition) is 4. The molecule has 0 spiro atoms. The normalized spacial score (nSPS) is 13.9. The predicted octanol–water partition coefficient (Wildman–Crippen LogP) is 4.97. The minimum Gasteiger partial charge on any atom is -0.478 e. The van der Waals surface area contributed by atoms with Gasteiger partial charge in [-0.3, -0.25) is 4.90 Å². The van der Waals surface area contributed by atoms with Crippen molar-refractivity contribution in [2.75, 3.05) is 31.1 Å². The van der Waals surface area contributed by atoms with E-state index in [1.165, 1.54) is 33.4 Å². The highest BCUT2D eigenvalue weighted by molar-refractivity contribution is 5.89. The van der Waals surface area contributed by atoms with Crippen LogP contribution in [0.15, 0.2) is 97.2 Å². The fourth-order valence-electron chi connectivity index (χ4n) is 4.48. The SMILES string of the molecule is Cc1ccc(-n2cc(CN3CCN(c4ccccc4)CC3)c3ccccc32)cc1.O=C(O)/C=C/C(=O)O. The molecule has 0 unspecified atom stereocenters. The van der Waals surface area contributed by atoms with E-state index in [1.54, 1.807) is 0 Å². The largest absolute Gasteiger partial charge is 0.478 e. The summed E-state index contributed by atoms with van der Waals surface area (Å²) >= 11 is 0. The number of aryl methyl sites for hydroxylation is 1. The molecule has 1 aliphatic rings. The second-order valence-corrected chi connectivity index (χ2v) is 8.99. The average Bonchev–Trinajstić information content (AvgIpc) is 3.27. The van der Waals surface area contributed by atoms with Crippen LogP contribution in [0.1, 0.15) is 11.1 Å². The van der Waals surface area contributed by atoms with Crippen LogP contribution in [0.5, 0.6) is 0 Å². The van der Waals surface area contributed by atoms with Crippen molar-refractivity contribution in [3.05, 3.63) is 108 Å². The van der Waals surface area contributed by atoms with Crippen molar-refractivity contribution >= 4 is 28.5 Å². The lowest BCUT2D eigenvalue weighted by Gasteiger charge is -2.36. The minimum absolute atomic E-state index is 0.558. The molecule has 0 aliphatic carbocycles. The summed E-state index contributed by atoms with van der Waals surface area (Å²) in [6.07, 6.45) is 3.45. The van der Waals surface area contributed by atoms with Gasteiger partial charge in [0.05, 0.1) is 5.52 Å². The van der Waals surface area contributed by atoms with E-state index in [9.17, 15) is 9.59 Å². The van der Waals surface area contributed by atoms with Gasteiger partial charge in [-0.05, 0) is 42.8 Å². The monoisotopic (exact) mass is 497 g/mol. The fourth-order valence-corrected chi connectivity index (χ4v) is 4.48. The molecule has 1 aliphatic heterocycles. The first-order chi connectivity index (χ1) is 17.9. The van der Waals surface area contributed by atoms with Crippen LogP contribution in [0.4, 0.5) is 5.69 Å². The molecule has 2 N–H and O–H groups in total. The third kappa shape index (κ3) is 6.86. The zero-order valence-electron chi connectivity index (χ0n) is 20.8. The van der Waals surface area contributed by atoms with Gasteiger partial charge in [-0.1, -0.05) is 54.1 Å². The molecule has 0 saturated carbocycles. The second kappa shape index (κ2) is 12.1. The number of fused-ring (bicyclic) bond motifs is 1. The average molecular weight is 498 g/mol. The number of para-hydroxylation sites is 2. The summed E-state index contributed by atoms with van der Waals surface area (Å²) in [5, 5.41) is 17.0. The zero-order chi connectivity index (χ0) is 26.2. The second-order valence-electron chi connectivity index (χ2n) is 8.99. The maximum absolute atomic E-state index is 9.55. The maximum Gasteiger partial charge on any atom is 0.328 e. The van der Waals surface area contributed by atoms with Gasteiger partial charge in [0, 0.05) is 67.8 Å². The molecule has 1 saturated heterocycles. The number of aliphatic carboxylic acids is 2. The Morgan fingerprint density at radius 3 is 1.97 bits per heavy atom. The smallest absolute Gasteiger partial charge is 0.328 e. The van der Waals surface area contributed by atoms with Crippen LogP contribution in [0.3, 0.4) is 0 Å². The number of carboxylic acids is 2. The van der Waals surface area contributed by atoms with Gasteiger partial charge in [0.25, 0.3) is 0 Å². The number of anilines is 1. The summed E-state index contributed by atoms with van der Waals surface area (Å²) in [5.41, 5.74) is 6.56. The number of carbonyl (C=O) groups is 2. The fraction of sp³-hybridized carbons (Fsp3) is 0.200. The molecule has 7 nitrogen and oxygen atoms in total. The van der Waals surface area contributed by atoms with E-state index in [1.807, 2.05) is 0 Å². The lowest BCUT2D eigenvalue weighted by Crippen LogP contribution is -2.45. The van der Waals surface area contributed by atoms with Crippen LogP contribution in [0.2, 0.25) is 0 Å². The number of piperazine rings is 1. The van der Waals surface area contributed by atoms with E-state index in [0.717, 1.165) is 32.7 Å². The van der Waals surface area contributed by atoms with Crippen LogP contribution in [0, 0.1) is 6.92 Å². The van der Waals surface area contributed by atoms with Gasteiger partial charge in [-0.15, -0.1) is 0 Å². The lowest BCUT2D eigenvalue weighted by molar-refractivity contribution is -0.134. The summed E-state index contributed by atoms with van der Waals surface area (Å²) in [7, 11) is 0. The molecule has 1 fully saturated rings. The minimum atomic E-state index is -1.26. The number of carboxylic acid groups (broad SMARTS) is 2. The molecule has 0 bridgehead atoms. The lowest BCUT2D eigenvalue weighted by atomic mass is 10.1. The molecule has 190 valence electrons. The molecule has 5 rings (SSSR count). The first-order valence-electron chi connectivity index (χ1n) is 12.2. The Balaban J connectivity index is 0.000000349. The quantitative estimate of drug-likeness (QED) is 0.366. The number of nitrogens with zero attached hydrogens (tertiary/aromatic N) is 3. The summed E-state index contributed by atoms with van der Waals surface area (Å²) in [4.78, 5) is 24.2. The molecule has 3 aromatic carbocycles. The van der Waals surface area contributed by atoms with E-state index in [-0.39, 0.29) is 0 Å². The standard InChI is InChI=1S/C26H27N3.C4H4O4/c1-21-11-13-24(14-12-21)29-20-22(25-9-5-6-10-26(25)29)19-27-15-17-28(18-16-27)23-7-3-2-4-8-23;5-3(6)1-2-4(7)8/h2-14,20H,15-19H2,1H3;1-2H,(H,5,6)(H,7,8)/b;2-1+. The van der Waals surface area contributed by atoms with Crippen LogP contribution < -0.4 is 4.90 Å². The Bertz CT molecular complexity index is 1350. The van der Waals surface area contributed by atoms with E-state index in [0.29, 0.717) is 12.2 Å².